The molecule has 1 aromatic heterocycles. The molecular formula is C24H24BrN5O3. The smallest absolute Gasteiger partial charge is 0.269 e. The van der Waals surface area contributed by atoms with Gasteiger partial charge in [-0.1, -0.05) is 28.1 Å². The Morgan fingerprint density at radius 3 is 2.24 bits per heavy atom. The van der Waals surface area contributed by atoms with Crippen LogP contribution < -0.4 is 4.90 Å². The minimum atomic E-state index is -0.398. The molecule has 0 N–H and O–H groups in total. The molecule has 0 aliphatic carbocycles. The number of halogens is 1. The van der Waals surface area contributed by atoms with Gasteiger partial charge < -0.3 is 9.80 Å². The summed E-state index contributed by atoms with van der Waals surface area (Å²) in [4.78, 5) is 36.8. The zero-order valence-electron chi connectivity index (χ0n) is 18.5. The van der Waals surface area contributed by atoms with Crippen LogP contribution in [0.4, 0.5) is 11.5 Å². The van der Waals surface area contributed by atoms with Crippen molar-refractivity contribution in [2.24, 2.45) is 0 Å². The van der Waals surface area contributed by atoms with Crippen molar-refractivity contribution in [1.29, 1.82) is 0 Å². The number of aryl methyl sites for hydroxylation is 2. The summed E-state index contributed by atoms with van der Waals surface area (Å²) >= 11 is 3.40. The first-order valence-electron chi connectivity index (χ1n) is 10.7. The summed E-state index contributed by atoms with van der Waals surface area (Å²) in [6, 6.07) is 14.0. The van der Waals surface area contributed by atoms with Crippen LogP contribution in [0.3, 0.4) is 0 Å². The Labute approximate surface area is 200 Å². The van der Waals surface area contributed by atoms with Crippen LogP contribution in [-0.4, -0.2) is 51.9 Å². The van der Waals surface area contributed by atoms with E-state index in [0.717, 1.165) is 27.1 Å². The topological polar surface area (TPSA) is 92.5 Å². The Morgan fingerprint density at radius 1 is 1.00 bits per heavy atom. The van der Waals surface area contributed by atoms with Crippen LogP contribution in [0.25, 0.3) is 0 Å². The Hall–Kier alpha value is -3.33. The first-order valence-corrected chi connectivity index (χ1v) is 11.5. The lowest BCUT2D eigenvalue weighted by Crippen LogP contribution is -2.49. The highest BCUT2D eigenvalue weighted by Gasteiger charge is 2.25. The Bertz CT molecular complexity index is 1170. The Morgan fingerprint density at radius 2 is 1.64 bits per heavy atom. The van der Waals surface area contributed by atoms with E-state index in [9.17, 15) is 14.9 Å². The normalized spacial score (nSPS) is 13.8. The van der Waals surface area contributed by atoms with Gasteiger partial charge in [-0.3, -0.25) is 14.9 Å². The van der Waals surface area contributed by atoms with Crippen molar-refractivity contribution < 1.29 is 9.72 Å². The van der Waals surface area contributed by atoms with Gasteiger partial charge >= 0.3 is 0 Å². The van der Waals surface area contributed by atoms with Crippen molar-refractivity contribution >= 4 is 33.3 Å². The van der Waals surface area contributed by atoms with E-state index in [2.05, 4.69) is 25.8 Å². The third-order valence-electron chi connectivity index (χ3n) is 5.79. The van der Waals surface area contributed by atoms with E-state index in [4.69, 9.17) is 4.98 Å². The second kappa shape index (κ2) is 9.66. The van der Waals surface area contributed by atoms with E-state index >= 15 is 0 Å². The maximum atomic E-state index is 12.9. The van der Waals surface area contributed by atoms with E-state index in [1.54, 1.807) is 12.1 Å². The van der Waals surface area contributed by atoms with Gasteiger partial charge in [0.15, 0.2) is 0 Å². The van der Waals surface area contributed by atoms with Crippen LogP contribution in [0.1, 0.15) is 33.0 Å². The number of piperazine rings is 1. The number of anilines is 1. The van der Waals surface area contributed by atoms with E-state index < -0.39 is 4.92 Å². The van der Waals surface area contributed by atoms with Gasteiger partial charge in [-0.25, -0.2) is 9.97 Å². The minimum absolute atomic E-state index is 0.0308. The molecule has 33 heavy (non-hydrogen) atoms. The molecule has 1 amide bonds. The van der Waals surface area contributed by atoms with Crippen LogP contribution in [0.15, 0.2) is 53.0 Å². The monoisotopic (exact) mass is 509 g/mol. The molecule has 9 heteroatoms. The first kappa shape index (κ1) is 22.8. The first-order chi connectivity index (χ1) is 15.8. The summed E-state index contributed by atoms with van der Waals surface area (Å²) in [5.41, 5.74) is 3.61. The number of hydrogen-bond acceptors (Lipinski definition) is 6. The summed E-state index contributed by atoms with van der Waals surface area (Å²) in [6.07, 6.45) is 0.581. The average molecular weight is 510 g/mol. The third kappa shape index (κ3) is 5.19. The van der Waals surface area contributed by atoms with E-state index in [1.165, 1.54) is 12.1 Å². The van der Waals surface area contributed by atoms with Gasteiger partial charge in [0, 0.05) is 66.0 Å². The number of nitrogens with zero attached hydrogens (tertiary/aromatic N) is 5. The predicted octanol–water partition coefficient (Wildman–Crippen LogP) is 4.32. The van der Waals surface area contributed by atoms with Gasteiger partial charge in [0.2, 0.25) is 0 Å². The molecule has 1 saturated heterocycles. The molecule has 0 spiro atoms. The van der Waals surface area contributed by atoms with Crippen molar-refractivity contribution in [2.75, 3.05) is 31.1 Å². The van der Waals surface area contributed by atoms with Crippen LogP contribution in [0.2, 0.25) is 0 Å². The maximum absolute atomic E-state index is 12.9. The highest BCUT2D eigenvalue weighted by molar-refractivity contribution is 9.10. The lowest BCUT2D eigenvalue weighted by molar-refractivity contribution is -0.384. The minimum Gasteiger partial charge on any atom is -0.353 e. The number of hydrogen-bond donors (Lipinski definition) is 0. The molecule has 3 aromatic rings. The summed E-state index contributed by atoms with van der Waals surface area (Å²) < 4.78 is 0.943. The molecule has 0 saturated carbocycles. The molecule has 0 radical (unpaired) electrons. The van der Waals surface area contributed by atoms with Gasteiger partial charge in [0.25, 0.3) is 11.6 Å². The molecule has 0 atom stereocenters. The molecule has 8 nitrogen and oxygen atoms in total. The van der Waals surface area contributed by atoms with Gasteiger partial charge in [-0.15, -0.1) is 0 Å². The molecule has 2 heterocycles. The number of nitro groups is 1. The van der Waals surface area contributed by atoms with Crippen LogP contribution in [-0.2, 0) is 6.42 Å². The van der Waals surface area contributed by atoms with Crippen molar-refractivity contribution in [2.45, 2.75) is 20.3 Å². The van der Waals surface area contributed by atoms with Gasteiger partial charge in [0.05, 0.1) is 4.92 Å². The SMILES string of the molecule is Cc1nc(C)c(Cc2ccc([N+](=O)[O-])cc2)c(N2CCN(C(=O)c3ccc(Br)cc3)CC2)n1. The number of aromatic nitrogens is 2. The van der Waals surface area contributed by atoms with Crippen molar-refractivity contribution in [3.05, 3.63) is 91.3 Å². The summed E-state index contributed by atoms with van der Waals surface area (Å²) in [5, 5.41) is 11.0. The van der Waals surface area contributed by atoms with Crippen LogP contribution in [0, 0.1) is 24.0 Å². The average Bonchev–Trinajstić information content (AvgIpc) is 2.81. The molecule has 1 fully saturated rings. The molecule has 1 aliphatic heterocycles. The summed E-state index contributed by atoms with van der Waals surface area (Å²) in [6.45, 7) is 6.39. The van der Waals surface area contributed by atoms with E-state index in [0.29, 0.717) is 44.0 Å². The van der Waals surface area contributed by atoms with Crippen LogP contribution in [0.5, 0.6) is 0 Å². The number of nitro benzene ring substituents is 1. The lowest BCUT2D eigenvalue weighted by Gasteiger charge is -2.36. The fraction of sp³-hybridized carbons (Fsp3) is 0.292. The van der Waals surface area contributed by atoms with E-state index in [1.807, 2.05) is 43.0 Å². The fourth-order valence-electron chi connectivity index (χ4n) is 4.02. The fourth-order valence-corrected chi connectivity index (χ4v) is 4.29. The molecule has 0 bridgehead atoms. The second-order valence-electron chi connectivity index (χ2n) is 8.04. The number of amides is 1. The largest absolute Gasteiger partial charge is 0.353 e. The lowest BCUT2D eigenvalue weighted by atomic mass is 10.0. The number of non-ortho nitro benzene ring substituents is 1. The van der Waals surface area contributed by atoms with Crippen molar-refractivity contribution in [3.8, 4) is 0 Å². The summed E-state index contributed by atoms with van der Waals surface area (Å²) in [7, 11) is 0. The number of benzene rings is 2. The van der Waals surface area contributed by atoms with Gasteiger partial charge in [-0.05, 0) is 43.7 Å². The van der Waals surface area contributed by atoms with Crippen molar-refractivity contribution in [1.82, 2.24) is 14.9 Å². The molecule has 4 rings (SSSR count). The molecule has 2 aromatic carbocycles. The Balaban J connectivity index is 1.51. The van der Waals surface area contributed by atoms with Gasteiger partial charge in [0.1, 0.15) is 11.6 Å². The van der Waals surface area contributed by atoms with E-state index in [-0.39, 0.29) is 11.6 Å². The predicted molar refractivity (Wildman–Crippen MR) is 130 cm³/mol. The molecule has 0 unspecified atom stereocenters. The zero-order chi connectivity index (χ0) is 23.5. The standard InChI is InChI=1S/C24H24BrN5O3/c1-16-22(15-18-3-9-21(10-4-18)30(32)33)23(27-17(2)26-16)28-11-13-29(14-12-28)24(31)19-5-7-20(25)8-6-19/h3-10H,11-15H2,1-2H3. The highest BCUT2D eigenvalue weighted by atomic mass is 79.9. The van der Waals surface area contributed by atoms with Gasteiger partial charge in [-0.2, -0.15) is 0 Å². The van der Waals surface area contributed by atoms with Crippen molar-refractivity contribution in [3.63, 3.8) is 0 Å². The number of carbonyl (C=O) groups is 1. The molecular weight excluding hydrogens is 486 g/mol. The molecule has 170 valence electrons. The number of carbonyl (C=O) groups excluding carboxylic acids is 1. The second-order valence-corrected chi connectivity index (χ2v) is 8.96. The quantitative estimate of drug-likeness (QED) is 0.375. The zero-order valence-corrected chi connectivity index (χ0v) is 20.1. The number of rotatable bonds is 5. The summed E-state index contributed by atoms with van der Waals surface area (Å²) in [5.74, 6) is 1.60. The molecule has 1 aliphatic rings. The maximum Gasteiger partial charge on any atom is 0.269 e. The third-order valence-corrected chi connectivity index (χ3v) is 6.32. The van der Waals surface area contributed by atoms with Crippen LogP contribution >= 0.6 is 15.9 Å². The Kier molecular flexibility index (Phi) is 6.69. The highest BCUT2D eigenvalue weighted by Crippen LogP contribution is 2.26.